The van der Waals surface area contributed by atoms with Gasteiger partial charge in [-0.15, -0.1) is 0 Å². The van der Waals surface area contributed by atoms with E-state index in [-0.39, 0.29) is 0 Å². The fourth-order valence-electron chi connectivity index (χ4n) is 3.01. The van der Waals surface area contributed by atoms with Gasteiger partial charge in [-0.25, -0.2) is 0 Å². The number of hydrogen-bond donors (Lipinski definition) is 1. The quantitative estimate of drug-likeness (QED) is 0.531. The molecule has 23 heavy (non-hydrogen) atoms. The Hall–Kier alpha value is -2.55. The minimum absolute atomic E-state index is 0.963. The smallest absolute Gasteiger partial charge is 0.0569 e. The molecule has 3 rings (SSSR count). The highest BCUT2D eigenvalue weighted by atomic mass is 15.3. The average Bonchev–Trinajstić information content (AvgIpc) is 2.82. The van der Waals surface area contributed by atoms with Crippen LogP contribution in [0.15, 0.2) is 47.6 Å². The monoisotopic (exact) mass is 305 g/mol. The molecule has 3 heteroatoms. The van der Waals surface area contributed by atoms with E-state index >= 15 is 0 Å². The number of benzene rings is 2. The Labute approximate surface area is 137 Å². The van der Waals surface area contributed by atoms with Crippen LogP contribution in [-0.4, -0.2) is 10.8 Å². The van der Waals surface area contributed by atoms with E-state index in [0.717, 1.165) is 12.2 Å². The molecular formula is C20H23N3. The molecule has 1 aromatic heterocycles. The van der Waals surface area contributed by atoms with Gasteiger partial charge in [0.15, 0.2) is 0 Å². The lowest BCUT2D eigenvalue weighted by Crippen LogP contribution is -1.98. The number of nitrogens with zero attached hydrogens (tertiary/aromatic N) is 2. The van der Waals surface area contributed by atoms with Gasteiger partial charge in [0.05, 0.1) is 11.9 Å². The third-order valence-corrected chi connectivity index (χ3v) is 4.49. The lowest BCUT2D eigenvalue weighted by molar-refractivity contribution is 0.769. The van der Waals surface area contributed by atoms with Gasteiger partial charge >= 0.3 is 0 Å². The maximum Gasteiger partial charge on any atom is 0.0569 e. The Morgan fingerprint density at radius 3 is 2.57 bits per heavy atom. The number of nitrogens with one attached hydrogen (secondary N) is 1. The summed E-state index contributed by atoms with van der Waals surface area (Å²) in [6, 6.07) is 14.8. The van der Waals surface area contributed by atoms with E-state index in [1.54, 1.807) is 0 Å². The van der Waals surface area contributed by atoms with Gasteiger partial charge in [-0.05, 0) is 57.0 Å². The number of hydrogen-bond acceptors (Lipinski definition) is 2. The summed E-state index contributed by atoms with van der Waals surface area (Å²) in [7, 11) is 0. The van der Waals surface area contributed by atoms with Crippen LogP contribution in [0, 0.1) is 20.8 Å². The number of para-hydroxylation sites is 1. The number of hydrazone groups is 1. The lowest BCUT2D eigenvalue weighted by Gasteiger charge is -2.04. The Bertz CT molecular complexity index is 872. The highest BCUT2D eigenvalue weighted by Crippen LogP contribution is 2.24. The molecule has 0 aliphatic heterocycles. The number of anilines is 1. The molecule has 118 valence electrons. The van der Waals surface area contributed by atoms with Gasteiger partial charge in [0.2, 0.25) is 0 Å². The lowest BCUT2D eigenvalue weighted by atomic mass is 10.1. The summed E-state index contributed by atoms with van der Waals surface area (Å²) in [5.74, 6) is 0. The van der Waals surface area contributed by atoms with Crippen molar-refractivity contribution in [3.05, 3.63) is 64.8 Å². The summed E-state index contributed by atoms with van der Waals surface area (Å²) >= 11 is 0. The van der Waals surface area contributed by atoms with Gasteiger partial charge < -0.3 is 4.57 Å². The van der Waals surface area contributed by atoms with Gasteiger partial charge in [0, 0.05) is 28.7 Å². The largest absolute Gasteiger partial charge is 0.344 e. The van der Waals surface area contributed by atoms with Crippen LogP contribution in [0.1, 0.15) is 29.3 Å². The molecule has 3 aromatic rings. The number of rotatable bonds is 4. The Balaban J connectivity index is 1.92. The van der Waals surface area contributed by atoms with E-state index in [9.17, 15) is 0 Å². The predicted molar refractivity (Wildman–Crippen MR) is 99.5 cm³/mol. The van der Waals surface area contributed by atoms with Gasteiger partial charge in [-0.2, -0.15) is 5.10 Å². The molecule has 0 radical (unpaired) electrons. The van der Waals surface area contributed by atoms with Crippen molar-refractivity contribution in [3.63, 3.8) is 0 Å². The van der Waals surface area contributed by atoms with Crippen LogP contribution in [0.5, 0.6) is 0 Å². The van der Waals surface area contributed by atoms with Crippen LogP contribution >= 0.6 is 0 Å². The Morgan fingerprint density at radius 1 is 1.04 bits per heavy atom. The Morgan fingerprint density at radius 2 is 1.83 bits per heavy atom. The Kier molecular flexibility index (Phi) is 4.20. The zero-order chi connectivity index (χ0) is 16.4. The summed E-state index contributed by atoms with van der Waals surface area (Å²) in [6.07, 6.45) is 1.93. The van der Waals surface area contributed by atoms with E-state index in [2.05, 4.69) is 85.3 Å². The van der Waals surface area contributed by atoms with Gasteiger partial charge in [0.1, 0.15) is 0 Å². The van der Waals surface area contributed by atoms with Crippen molar-refractivity contribution in [2.24, 2.45) is 5.10 Å². The van der Waals surface area contributed by atoms with E-state index in [1.807, 2.05) is 6.21 Å². The molecule has 0 fully saturated rings. The molecular weight excluding hydrogens is 282 g/mol. The molecule has 0 saturated carbocycles. The first-order valence-corrected chi connectivity index (χ1v) is 8.06. The van der Waals surface area contributed by atoms with Crippen LogP contribution in [0.25, 0.3) is 10.9 Å². The third-order valence-electron chi connectivity index (χ3n) is 4.49. The van der Waals surface area contributed by atoms with Crippen molar-refractivity contribution in [2.75, 3.05) is 5.43 Å². The molecule has 0 aliphatic rings. The minimum atomic E-state index is 0.963. The summed E-state index contributed by atoms with van der Waals surface area (Å²) in [6.45, 7) is 9.52. The van der Waals surface area contributed by atoms with Crippen molar-refractivity contribution in [1.82, 2.24) is 4.57 Å². The molecule has 0 unspecified atom stereocenters. The minimum Gasteiger partial charge on any atom is -0.344 e. The molecule has 1 N–H and O–H groups in total. The zero-order valence-corrected chi connectivity index (χ0v) is 14.2. The van der Waals surface area contributed by atoms with Gasteiger partial charge in [0.25, 0.3) is 0 Å². The average molecular weight is 305 g/mol. The fraction of sp³-hybridized carbons (Fsp3) is 0.250. The van der Waals surface area contributed by atoms with Crippen molar-refractivity contribution >= 4 is 22.8 Å². The second-order valence-corrected chi connectivity index (χ2v) is 5.93. The second-order valence-electron chi connectivity index (χ2n) is 5.93. The summed E-state index contributed by atoms with van der Waals surface area (Å²) in [5, 5.41) is 5.70. The summed E-state index contributed by atoms with van der Waals surface area (Å²) in [4.78, 5) is 0. The van der Waals surface area contributed by atoms with Crippen molar-refractivity contribution in [3.8, 4) is 0 Å². The zero-order valence-electron chi connectivity index (χ0n) is 14.2. The maximum absolute atomic E-state index is 4.45. The molecule has 1 heterocycles. The first kappa shape index (κ1) is 15.3. The molecule has 0 bridgehead atoms. The van der Waals surface area contributed by atoms with E-state index in [0.29, 0.717) is 0 Å². The van der Waals surface area contributed by atoms with E-state index in [1.165, 1.54) is 33.3 Å². The van der Waals surface area contributed by atoms with Crippen molar-refractivity contribution in [2.45, 2.75) is 34.2 Å². The van der Waals surface area contributed by atoms with E-state index < -0.39 is 0 Å². The summed E-state index contributed by atoms with van der Waals surface area (Å²) in [5.41, 5.74) is 10.4. The van der Waals surface area contributed by atoms with E-state index in [4.69, 9.17) is 0 Å². The van der Waals surface area contributed by atoms with Crippen LogP contribution in [0.2, 0.25) is 0 Å². The maximum atomic E-state index is 4.45. The van der Waals surface area contributed by atoms with Crippen molar-refractivity contribution < 1.29 is 0 Å². The second kappa shape index (κ2) is 6.29. The van der Waals surface area contributed by atoms with Gasteiger partial charge in [-0.3, -0.25) is 5.43 Å². The van der Waals surface area contributed by atoms with Crippen LogP contribution < -0.4 is 5.43 Å². The normalized spacial score (nSPS) is 11.5. The molecule has 3 nitrogen and oxygen atoms in total. The third kappa shape index (κ3) is 2.87. The van der Waals surface area contributed by atoms with Crippen LogP contribution in [0.3, 0.4) is 0 Å². The predicted octanol–water partition coefficient (Wildman–Crippen LogP) is 5.03. The standard InChI is InChI=1S/C20H23N3/c1-5-23-16(4)19(18-8-6-7-9-20(18)23)13-21-22-17-11-10-14(2)15(3)12-17/h6-13,22H,5H2,1-4H3/b21-13+. The number of fused-ring (bicyclic) bond motifs is 1. The number of aromatic nitrogens is 1. The van der Waals surface area contributed by atoms with Crippen LogP contribution in [-0.2, 0) is 6.54 Å². The summed E-state index contributed by atoms with van der Waals surface area (Å²) < 4.78 is 2.33. The highest BCUT2D eigenvalue weighted by Gasteiger charge is 2.10. The fourth-order valence-corrected chi connectivity index (χ4v) is 3.01. The molecule has 0 atom stereocenters. The highest BCUT2D eigenvalue weighted by molar-refractivity contribution is 6.01. The number of aryl methyl sites for hydroxylation is 3. The molecule has 0 spiro atoms. The molecule has 2 aromatic carbocycles. The van der Waals surface area contributed by atoms with Gasteiger partial charge in [-0.1, -0.05) is 24.3 Å². The topological polar surface area (TPSA) is 29.3 Å². The first-order chi connectivity index (χ1) is 11.1. The molecule has 0 aliphatic carbocycles. The molecule has 0 amide bonds. The molecule has 0 saturated heterocycles. The van der Waals surface area contributed by atoms with Crippen molar-refractivity contribution in [1.29, 1.82) is 0 Å². The van der Waals surface area contributed by atoms with Crippen LogP contribution in [0.4, 0.5) is 5.69 Å². The first-order valence-electron chi connectivity index (χ1n) is 8.06. The SMILES string of the molecule is CCn1c(C)c(/C=N/Nc2ccc(C)c(C)c2)c2ccccc21.